The molecule has 2 fully saturated rings. The smallest absolute Gasteiger partial charge is 0.190 e. The third-order valence-electron chi connectivity index (χ3n) is 5.90. The van der Waals surface area contributed by atoms with Crippen molar-refractivity contribution in [2.75, 3.05) is 17.2 Å². The maximum absolute atomic E-state index is 14.9. The summed E-state index contributed by atoms with van der Waals surface area (Å²) < 4.78 is 15.3. The second kappa shape index (κ2) is 8.20. The molecule has 9 heteroatoms. The highest BCUT2D eigenvalue weighted by Crippen LogP contribution is 2.46. The standard InChI is InChI=1S/C19H23BrClFN4OS/c1-3-11(27)15-10-6-5-9(7-10)8-26(15)18-12-14(23-19(25-18)28-4-2)13(22)17(21)24-16(12)20/h9-11,15,27H,3-8H2,1-2H3/t9-,10+,11-,15-/m0/s1. The van der Waals surface area contributed by atoms with Gasteiger partial charge in [-0.15, -0.1) is 0 Å². The molecule has 2 bridgehead atoms. The van der Waals surface area contributed by atoms with Gasteiger partial charge in [-0.25, -0.2) is 19.3 Å². The molecule has 1 N–H and O–H groups in total. The summed E-state index contributed by atoms with van der Waals surface area (Å²) in [6, 6.07) is -0.0352. The first kappa shape index (κ1) is 20.6. The molecule has 0 amide bonds. The van der Waals surface area contributed by atoms with Crippen LogP contribution in [-0.2, 0) is 0 Å². The normalized spacial score (nSPS) is 25.5. The lowest BCUT2D eigenvalue weighted by Crippen LogP contribution is -2.52. The van der Waals surface area contributed by atoms with Crippen LogP contribution in [0, 0.1) is 17.7 Å². The summed E-state index contributed by atoms with van der Waals surface area (Å²) in [4.78, 5) is 15.5. The van der Waals surface area contributed by atoms with Gasteiger partial charge in [0.2, 0.25) is 0 Å². The fourth-order valence-corrected chi connectivity index (χ4v) is 6.09. The quantitative estimate of drug-likeness (QED) is 0.359. The number of nitrogens with zero attached hydrogens (tertiary/aromatic N) is 4. The molecular formula is C19H23BrClFN4OS. The van der Waals surface area contributed by atoms with Gasteiger partial charge in [0, 0.05) is 6.54 Å². The van der Waals surface area contributed by atoms with Crippen LogP contribution in [0.3, 0.4) is 0 Å². The minimum absolute atomic E-state index is 0.0352. The van der Waals surface area contributed by atoms with Crippen LogP contribution in [0.5, 0.6) is 0 Å². The van der Waals surface area contributed by atoms with Gasteiger partial charge in [-0.2, -0.15) is 0 Å². The van der Waals surface area contributed by atoms with Crippen molar-refractivity contribution in [3.8, 4) is 0 Å². The third kappa shape index (κ3) is 3.50. The zero-order valence-corrected chi connectivity index (χ0v) is 19.0. The van der Waals surface area contributed by atoms with Crippen LogP contribution in [0.4, 0.5) is 10.2 Å². The molecule has 1 saturated carbocycles. The van der Waals surface area contributed by atoms with Gasteiger partial charge < -0.3 is 10.0 Å². The maximum Gasteiger partial charge on any atom is 0.190 e. The van der Waals surface area contributed by atoms with E-state index in [1.54, 1.807) is 0 Å². The number of hydrogen-bond donors (Lipinski definition) is 1. The molecule has 0 radical (unpaired) electrons. The van der Waals surface area contributed by atoms with Gasteiger partial charge in [0.15, 0.2) is 16.1 Å². The highest BCUT2D eigenvalue weighted by atomic mass is 79.9. The number of anilines is 1. The topological polar surface area (TPSA) is 62.1 Å². The van der Waals surface area contributed by atoms with Gasteiger partial charge in [-0.1, -0.05) is 37.2 Å². The highest BCUT2D eigenvalue weighted by molar-refractivity contribution is 9.10. The molecule has 0 spiro atoms. The number of thioether (sulfide) groups is 1. The van der Waals surface area contributed by atoms with Crippen LogP contribution in [-0.4, -0.2) is 44.5 Å². The van der Waals surface area contributed by atoms with E-state index in [4.69, 9.17) is 16.6 Å². The number of aromatic nitrogens is 3. The Labute approximate surface area is 181 Å². The number of halogens is 3. The van der Waals surface area contributed by atoms with Crippen LogP contribution in [0.1, 0.15) is 39.5 Å². The molecular weight excluding hydrogens is 467 g/mol. The third-order valence-corrected chi connectivity index (χ3v) is 7.45. The molecule has 1 saturated heterocycles. The number of pyridine rings is 1. The zero-order valence-electron chi connectivity index (χ0n) is 15.8. The number of hydrogen-bond acceptors (Lipinski definition) is 6. The van der Waals surface area contributed by atoms with Crippen LogP contribution < -0.4 is 4.90 Å². The van der Waals surface area contributed by atoms with Crippen molar-refractivity contribution < 1.29 is 9.50 Å². The molecule has 2 aromatic rings. The monoisotopic (exact) mass is 488 g/mol. The van der Waals surface area contributed by atoms with Gasteiger partial charge in [-0.3, -0.25) is 0 Å². The van der Waals surface area contributed by atoms with Crippen molar-refractivity contribution in [1.29, 1.82) is 0 Å². The van der Waals surface area contributed by atoms with E-state index < -0.39 is 11.9 Å². The number of aliphatic hydroxyl groups excluding tert-OH is 1. The summed E-state index contributed by atoms with van der Waals surface area (Å²) >= 11 is 10.9. The first-order valence-electron chi connectivity index (χ1n) is 9.74. The Bertz CT molecular complexity index is 904. The Morgan fingerprint density at radius 3 is 2.82 bits per heavy atom. The lowest BCUT2D eigenvalue weighted by atomic mass is 9.86. The van der Waals surface area contributed by atoms with E-state index in [2.05, 4.69) is 30.8 Å². The molecule has 2 aliphatic rings. The zero-order chi connectivity index (χ0) is 20.0. The molecule has 28 heavy (non-hydrogen) atoms. The summed E-state index contributed by atoms with van der Waals surface area (Å²) in [6.07, 6.45) is 3.62. The molecule has 0 unspecified atom stereocenters. The van der Waals surface area contributed by atoms with Gasteiger partial charge in [-0.05, 0) is 59.2 Å². The predicted molar refractivity (Wildman–Crippen MR) is 115 cm³/mol. The van der Waals surface area contributed by atoms with Gasteiger partial charge >= 0.3 is 0 Å². The van der Waals surface area contributed by atoms with Crippen molar-refractivity contribution in [3.05, 3.63) is 15.6 Å². The molecule has 1 aliphatic heterocycles. The fraction of sp³-hybridized carbons (Fsp3) is 0.632. The molecule has 5 nitrogen and oxygen atoms in total. The van der Waals surface area contributed by atoms with Crippen molar-refractivity contribution in [3.63, 3.8) is 0 Å². The largest absolute Gasteiger partial charge is 0.391 e. The Hall–Kier alpha value is -0.700. The molecule has 3 heterocycles. The average Bonchev–Trinajstić information content (AvgIpc) is 3.06. The SMILES string of the molecule is CCSc1nc(N2C[C@H]3CC[C@H](C3)[C@H]2[C@@H](O)CC)c2c(Br)nc(Cl)c(F)c2n1. The second-order valence-electron chi connectivity index (χ2n) is 7.55. The lowest BCUT2D eigenvalue weighted by Gasteiger charge is -2.43. The lowest BCUT2D eigenvalue weighted by molar-refractivity contribution is 0.0985. The van der Waals surface area contributed by atoms with E-state index in [9.17, 15) is 9.50 Å². The maximum atomic E-state index is 14.9. The Balaban J connectivity index is 1.94. The van der Waals surface area contributed by atoms with Gasteiger partial charge in [0.1, 0.15) is 15.9 Å². The van der Waals surface area contributed by atoms with E-state index in [-0.39, 0.29) is 16.7 Å². The molecule has 4 atom stereocenters. The summed E-state index contributed by atoms with van der Waals surface area (Å²) in [6.45, 7) is 4.81. The van der Waals surface area contributed by atoms with E-state index >= 15 is 0 Å². The summed E-state index contributed by atoms with van der Waals surface area (Å²) in [7, 11) is 0. The minimum atomic E-state index is -0.631. The molecule has 152 valence electrons. The summed E-state index contributed by atoms with van der Waals surface area (Å²) in [5.74, 6) is 1.78. The van der Waals surface area contributed by atoms with Gasteiger partial charge in [0.05, 0.1) is 17.5 Å². The number of fused-ring (bicyclic) bond motifs is 3. The first-order valence-corrected chi connectivity index (χ1v) is 11.9. The van der Waals surface area contributed by atoms with Crippen LogP contribution in [0.15, 0.2) is 9.76 Å². The van der Waals surface area contributed by atoms with Crippen molar-refractivity contribution in [2.24, 2.45) is 11.8 Å². The predicted octanol–water partition coefficient (Wildman–Crippen LogP) is 5.07. The number of aliphatic hydroxyl groups is 1. The first-order chi connectivity index (χ1) is 13.4. The minimum Gasteiger partial charge on any atom is -0.391 e. The van der Waals surface area contributed by atoms with E-state index in [0.717, 1.165) is 31.6 Å². The Kier molecular flexibility index (Phi) is 6.03. The highest BCUT2D eigenvalue weighted by Gasteiger charge is 2.44. The van der Waals surface area contributed by atoms with Crippen molar-refractivity contribution in [1.82, 2.24) is 15.0 Å². The molecule has 1 aliphatic carbocycles. The van der Waals surface area contributed by atoms with Crippen LogP contribution in [0.25, 0.3) is 10.9 Å². The van der Waals surface area contributed by atoms with Crippen molar-refractivity contribution >= 4 is 56.0 Å². The fourth-order valence-electron chi connectivity index (χ4n) is 4.70. The molecule has 4 rings (SSSR count). The summed E-state index contributed by atoms with van der Waals surface area (Å²) in [5.41, 5.74) is 0.176. The second-order valence-corrected chi connectivity index (χ2v) is 9.89. The van der Waals surface area contributed by atoms with E-state index in [1.807, 2.05) is 13.8 Å². The molecule has 0 aromatic carbocycles. The van der Waals surface area contributed by atoms with E-state index in [0.29, 0.717) is 39.2 Å². The van der Waals surface area contributed by atoms with Crippen LogP contribution >= 0.6 is 39.3 Å². The summed E-state index contributed by atoms with van der Waals surface area (Å²) in [5, 5.41) is 11.7. The Morgan fingerprint density at radius 2 is 2.11 bits per heavy atom. The van der Waals surface area contributed by atoms with Crippen molar-refractivity contribution in [2.45, 2.75) is 56.8 Å². The van der Waals surface area contributed by atoms with E-state index in [1.165, 1.54) is 11.8 Å². The van der Waals surface area contributed by atoms with Gasteiger partial charge in [0.25, 0.3) is 0 Å². The van der Waals surface area contributed by atoms with Crippen LogP contribution in [0.2, 0.25) is 5.15 Å². The number of rotatable bonds is 5. The Morgan fingerprint density at radius 1 is 1.32 bits per heavy atom. The molecule has 2 aromatic heterocycles. The average molecular weight is 490 g/mol. The number of piperidine rings is 1.